The third-order valence-corrected chi connectivity index (χ3v) is 4.12. The fourth-order valence-corrected chi connectivity index (χ4v) is 3.18. The molecule has 1 fully saturated rings. The molecule has 0 aromatic carbocycles. The lowest BCUT2D eigenvalue weighted by atomic mass is 10.2. The van der Waals surface area contributed by atoms with E-state index in [1.807, 2.05) is 0 Å². The van der Waals surface area contributed by atoms with E-state index in [9.17, 15) is 8.42 Å². The highest BCUT2D eigenvalue weighted by atomic mass is 32.2. The van der Waals surface area contributed by atoms with Crippen LogP contribution in [-0.4, -0.2) is 37.2 Å². The third-order valence-electron chi connectivity index (χ3n) is 2.44. The van der Waals surface area contributed by atoms with Crippen molar-refractivity contribution in [1.82, 2.24) is 15.3 Å². The van der Waals surface area contributed by atoms with Gasteiger partial charge in [-0.3, -0.25) is 0 Å². The van der Waals surface area contributed by atoms with E-state index in [0.29, 0.717) is 0 Å². The molecule has 2 rings (SSSR count). The molecule has 15 heavy (non-hydrogen) atoms. The van der Waals surface area contributed by atoms with Gasteiger partial charge in [0.05, 0.1) is 5.75 Å². The third kappa shape index (κ3) is 2.51. The molecule has 82 valence electrons. The summed E-state index contributed by atoms with van der Waals surface area (Å²) in [5, 5.41) is 3.08. The summed E-state index contributed by atoms with van der Waals surface area (Å²) in [4.78, 5) is 7.55. The second-order valence-electron chi connectivity index (χ2n) is 3.67. The van der Waals surface area contributed by atoms with Crippen molar-refractivity contribution in [1.29, 1.82) is 0 Å². The van der Waals surface area contributed by atoms with Crippen LogP contribution in [-0.2, 0) is 9.84 Å². The second kappa shape index (κ2) is 4.24. The molecular formula is C9H13N3O2S. The van der Waals surface area contributed by atoms with Crippen LogP contribution in [0, 0.1) is 5.92 Å². The van der Waals surface area contributed by atoms with E-state index < -0.39 is 9.84 Å². The molecule has 1 aromatic rings. The first-order valence-electron chi connectivity index (χ1n) is 4.89. The van der Waals surface area contributed by atoms with E-state index in [4.69, 9.17) is 0 Å². The minimum absolute atomic E-state index is 0.0584. The standard InChI is InChI=1S/C9H13N3O2S/c13-15(14,7-8-2-5-10-6-8)9-11-3-1-4-12-9/h1,3-4,8,10H,2,5-7H2/t8-/m1/s1. The first-order chi connectivity index (χ1) is 7.18. The van der Waals surface area contributed by atoms with E-state index in [0.717, 1.165) is 19.5 Å². The van der Waals surface area contributed by atoms with Gasteiger partial charge in [-0.2, -0.15) is 0 Å². The van der Waals surface area contributed by atoms with Gasteiger partial charge in [0.15, 0.2) is 0 Å². The lowest BCUT2D eigenvalue weighted by molar-refractivity contribution is 0.562. The summed E-state index contributed by atoms with van der Waals surface area (Å²) >= 11 is 0. The van der Waals surface area contributed by atoms with Crippen LogP contribution >= 0.6 is 0 Å². The van der Waals surface area contributed by atoms with Crippen molar-refractivity contribution in [2.45, 2.75) is 11.6 Å². The lowest BCUT2D eigenvalue weighted by Crippen LogP contribution is -2.20. The predicted molar refractivity (Wildman–Crippen MR) is 55.1 cm³/mol. The van der Waals surface area contributed by atoms with Gasteiger partial charge >= 0.3 is 0 Å². The highest BCUT2D eigenvalue weighted by Gasteiger charge is 2.25. The van der Waals surface area contributed by atoms with Crippen molar-refractivity contribution in [3.63, 3.8) is 0 Å². The van der Waals surface area contributed by atoms with Crippen LogP contribution in [0.1, 0.15) is 6.42 Å². The topological polar surface area (TPSA) is 72.0 Å². The molecule has 1 aliphatic rings. The van der Waals surface area contributed by atoms with E-state index in [2.05, 4.69) is 15.3 Å². The van der Waals surface area contributed by atoms with Gasteiger partial charge in [0, 0.05) is 12.4 Å². The van der Waals surface area contributed by atoms with Crippen LogP contribution in [0.25, 0.3) is 0 Å². The van der Waals surface area contributed by atoms with Crippen molar-refractivity contribution >= 4 is 9.84 Å². The highest BCUT2D eigenvalue weighted by molar-refractivity contribution is 7.91. The van der Waals surface area contributed by atoms with Crippen LogP contribution in [0.2, 0.25) is 0 Å². The van der Waals surface area contributed by atoms with Crippen LogP contribution in [0.5, 0.6) is 0 Å². The fourth-order valence-electron chi connectivity index (χ4n) is 1.69. The lowest BCUT2D eigenvalue weighted by Gasteiger charge is -2.07. The molecule has 0 aliphatic carbocycles. The minimum Gasteiger partial charge on any atom is -0.316 e. The van der Waals surface area contributed by atoms with Crippen LogP contribution in [0.4, 0.5) is 0 Å². The summed E-state index contributed by atoms with van der Waals surface area (Å²) in [6.07, 6.45) is 3.81. The molecule has 0 saturated carbocycles. The molecule has 0 amide bonds. The quantitative estimate of drug-likeness (QED) is 0.728. The summed E-state index contributed by atoms with van der Waals surface area (Å²) in [6, 6.07) is 1.61. The summed E-state index contributed by atoms with van der Waals surface area (Å²) in [7, 11) is -3.31. The molecule has 5 nitrogen and oxygen atoms in total. The zero-order valence-corrected chi connectivity index (χ0v) is 9.07. The number of nitrogens with one attached hydrogen (secondary N) is 1. The maximum atomic E-state index is 11.8. The normalized spacial score (nSPS) is 21.7. The molecule has 1 N–H and O–H groups in total. The Morgan fingerprint density at radius 1 is 1.40 bits per heavy atom. The summed E-state index contributed by atoms with van der Waals surface area (Å²) < 4.78 is 23.7. The van der Waals surface area contributed by atoms with Crippen molar-refractivity contribution < 1.29 is 8.42 Å². The van der Waals surface area contributed by atoms with Crippen molar-refractivity contribution in [3.8, 4) is 0 Å². The Bertz CT molecular complexity index is 412. The number of hydrogen-bond acceptors (Lipinski definition) is 5. The van der Waals surface area contributed by atoms with Crippen molar-refractivity contribution in [2.24, 2.45) is 5.92 Å². The van der Waals surface area contributed by atoms with Gasteiger partial charge in [0.25, 0.3) is 0 Å². The Morgan fingerprint density at radius 2 is 2.13 bits per heavy atom. The van der Waals surface area contributed by atoms with Crippen molar-refractivity contribution in [2.75, 3.05) is 18.8 Å². The smallest absolute Gasteiger partial charge is 0.247 e. The molecule has 0 spiro atoms. The molecule has 0 unspecified atom stereocenters. The van der Waals surface area contributed by atoms with Crippen LogP contribution in [0.15, 0.2) is 23.6 Å². The van der Waals surface area contributed by atoms with Crippen LogP contribution < -0.4 is 5.32 Å². The Balaban J connectivity index is 2.13. The predicted octanol–water partition coefficient (Wildman–Crippen LogP) is -0.140. The van der Waals surface area contributed by atoms with Crippen molar-refractivity contribution in [3.05, 3.63) is 18.5 Å². The molecule has 0 radical (unpaired) electrons. The summed E-state index contributed by atoms with van der Waals surface area (Å²) in [6.45, 7) is 1.67. The Labute approximate surface area is 88.9 Å². The Morgan fingerprint density at radius 3 is 2.73 bits per heavy atom. The minimum atomic E-state index is -3.31. The molecular weight excluding hydrogens is 214 g/mol. The number of nitrogens with zero attached hydrogens (tertiary/aromatic N) is 2. The number of hydrogen-bond donors (Lipinski definition) is 1. The molecule has 1 aromatic heterocycles. The largest absolute Gasteiger partial charge is 0.316 e. The number of sulfone groups is 1. The van der Waals surface area contributed by atoms with Gasteiger partial charge in [-0.25, -0.2) is 18.4 Å². The van der Waals surface area contributed by atoms with E-state index in [1.54, 1.807) is 6.07 Å². The molecule has 1 aliphatic heterocycles. The zero-order valence-electron chi connectivity index (χ0n) is 8.26. The highest BCUT2D eigenvalue weighted by Crippen LogP contribution is 2.14. The van der Waals surface area contributed by atoms with Gasteiger partial charge in [-0.05, 0) is 31.5 Å². The van der Waals surface area contributed by atoms with Gasteiger partial charge in [-0.1, -0.05) is 0 Å². The second-order valence-corrected chi connectivity index (χ2v) is 5.60. The summed E-state index contributed by atoms with van der Waals surface area (Å²) in [5.41, 5.74) is 0. The first-order valence-corrected chi connectivity index (χ1v) is 6.54. The Kier molecular flexibility index (Phi) is 2.97. The van der Waals surface area contributed by atoms with Crippen LogP contribution in [0.3, 0.4) is 0 Å². The zero-order chi connectivity index (χ0) is 10.7. The maximum absolute atomic E-state index is 11.8. The Hall–Kier alpha value is -1.01. The number of rotatable bonds is 3. The molecule has 1 atom stereocenters. The van der Waals surface area contributed by atoms with E-state index in [-0.39, 0.29) is 16.8 Å². The fraction of sp³-hybridized carbons (Fsp3) is 0.556. The molecule has 0 bridgehead atoms. The average molecular weight is 227 g/mol. The van der Waals surface area contributed by atoms with Gasteiger partial charge in [0.2, 0.25) is 15.0 Å². The molecule has 2 heterocycles. The average Bonchev–Trinajstić information content (AvgIpc) is 2.71. The summed E-state index contributed by atoms with van der Waals surface area (Å²) in [5.74, 6) is 0.336. The molecule has 1 saturated heterocycles. The van der Waals surface area contributed by atoms with E-state index >= 15 is 0 Å². The number of aromatic nitrogens is 2. The maximum Gasteiger partial charge on any atom is 0.247 e. The van der Waals surface area contributed by atoms with Gasteiger partial charge in [-0.15, -0.1) is 0 Å². The van der Waals surface area contributed by atoms with Gasteiger partial charge < -0.3 is 5.32 Å². The first kappa shape index (κ1) is 10.5. The van der Waals surface area contributed by atoms with Gasteiger partial charge in [0.1, 0.15) is 0 Å². The van der Waals surface area contributed by atoms with E-state index in [1.165, 1.54) is 12.4 Å². The SMILES string of the molecule is O=S(=O)(C[C@@H]1CCNC1)c1ncccn1. The molecule has 6 heteroatoms. The monoisotopic (exact) mass is 227 g/mol.